The van der Waals surface area contributed by atoms with Crippen molar-refractivity contribution < 1.29 is 28.7 Å². The average Bonchev–Trinajstić information content (AvgIpc) is 3.82. The Bertz CT molecular complexity index is 2260. The van der Waals surface area contributed by atoms with E-state index in [2.05, 4.69) is 60.3 Å². The van der Waals surface area contributed by atoms with Gasteiger partial charge in [-0.25, -0.2) is 15.2 Å². The first-order valence-electron chi connectivity index (χ1n) is 21.7. The van der Waals surface area contributed by atoms with Crippen LogP contribution in [0.3, 0.4) is 0 Å². The third-order valence-electron chi connectivity index (χ3n) is 12.7. The van der Waals surface area contributed by atoms with E-state index < -0.39 is 35.4 Å². The van der Waals surface area contributed by atoms with E-state index in [0.717, 1.165) is 63.9 Å². The van der Waals surface area contributed by atoms with Crippen LogP contribution in [0.4, 0.5) is 4.79 Å². The molecule has 15 heteroatoms. The molecule has 14 nitrogen and oxygen atoms in total. The number of ether oxygens (including phenoxy) is 2. The maximum Gasteiger partial charge on any atom is 0.324 e. The molecule has 4 atom stereocenters. The largest absolute Gasteiger partial charge is 0.464 e. The van der Waals surface area contributed by atoms with Gasteiger partial charge in [0.25, 0.3) is 5.91 Å². The number of aromatic nitrogens is 3. The zero-order chi connectivity index (χ0) is 43.7. The lowest BCUT2D eigenvalue weighted by molar-refractivity contribution is -0.155. The fraction of sp³-hybridized carbons (Fsp3) is 0.565. The lowest BCUT2D eigenvalue weighted by Crippen LogP contribution is -2.62. The summed E-state index contributed by atoms with van der Waals surface area (Å²) in [6.45, 7) is 13.4. The van der Waals surface area contributed by atoms with Crippen molar-refractivity contribution in [2.75, 3.05) is 34.4 Å². The lowest BCUT2D eigenvalue weighted by Gasteiger charge is -2.40. The Kier molecular flexibility index (Phi) is 13.2. The fourth-order valence-corrected chi connectivity index (χ4v) is 9.90. The molecule has 1 aromatic carbocycles. The van der Waals surface area contributed by atoms with Crippen LogP contribution in [0.25, 0.3) is 33.4 Å². The number of fused-ring (bicyclic) bond motifs is 6. The van der Waals surface area contributed by atoms with Crippen LogP contribution in [-0.4, -0.2) is 112 Å². The second-order valence-electron chi connectivity index (χ2n) is 18.0. The molecule has 7 rings (SSSR count). The average molecular weight is 855 g/mol. The molecule has 1 aliphatic carbocycles. The van der Waals surface area contributed by atoms with Crippen LogP contribution in [-0.2, 0) is 43.2 Å². The Morgan fingerprint density at radius 3 is 2.57 bits per heavy atom. The summed E-state index contributed by atoms with van der Waals surface area (Å²) < 4.78 is 14.2. The SMILES string of the molecule is CCn1c(-c2cccnc2[C@H](C)OC)c2c3cc(ccc31)-c1csc(n1)C[C@H](NC(=O)[C@H](C(C)C)N(C)C(=O)N(C)C1CCC1)C(=O)N1CCC[C@H](N1)C(=O)OCC(C)(C)C2. The van der Waals surface area contributed by atoms with Gasteiger partial charge in [-0.15, -0.1) is 11.3 Å². The van der Waals surface area contributed by atoms with Crippen molar-refractivity contribution in [1.82, 2.24) is 40.1 Å². The second kappa shape index (κ2) is 18.2. The lowest BCUT2D eigenvalue weighted by atomic mass is 9.84. The van der Waals surface area contributed by atoms with Crippen molar-refractivity contribution in [1.29, 1.82) is 0 Å². The number of methoxy groups -OCH3 is 1. The Hall–Kier alpha value is -4.86. The molecular formula is C46H62N8O6S. The first-order chi connectivity index (χ1) is 29.1. The maximum atomic E-state index is 14.5. The molecule has 2 fully saturated rings. The van der Waals surface area contributed by atoms with Gasteiger partial charge < -0.3 is 29.2 Å². The zero-order valence-corrected chi connectivity index (χ0v) is 37.9. The van der Waals surface area contributed by atoms with Gasteiger partial charge in [0.05, 0.1) is 34.8 Å². The number of benzene rings is 1. The third-order valence-corrected chi connectivity index (χ3v) is 13.6. The summed E-state index contributed by atoms with van der Waals surface area (Å²) in [6.07, 6.45) is 6.29. The molecule has 6 bridgehead atoms. The molecule has 2 N–H and O–H groups in total. The summed E-state index contributed by atoms with van der Waals surface area (Å²) in [5, 5.41) is 8.22. The Morgan fingerprint density at radius 1 is 1.11 bits per heavy atom. The van der Waals surface area contributed by atoms with Crippen molar-refractivity contribution in [3.8, 4) is 22.5 Å². The number of aryl methyl sites for hydroxylation is 1. The van der Waals surface area contributed by atoms with E-state index in [1.54, 1.807) is 32.3 Å². The summed E-state index contributed by atoms with van der Waals surface area (Å²) in [7, 11) is 5.13. The van der Waals surface area contributed by atoms with Gasteiger partial charge in [-0.05, 0) is 88.1 Å². The molecule has 3 aliphatic rings. The maximum absolute atomic E-state index is 14.5. The second-order valence-corrected chi connectivity index (χ2v) is 19.0. The van der Waals surface area contributed by atoms with Crippen LogP contribution in [0.15, 0.2) is 41.9 Å². The number of hydrazine groups is 1. The minimum absolute atomic E-state index is 0.118. The van der Waals surface area contributed by atoms with E-state index in [1.807, 2.05) is 32.2 Å². The Labute approximate surface area is 363 Å². The highest BCUT2D eigenvalue weighted by molar-refractivity contribution is 7.10. The van der Waals surface area contributed by atoms with E-state index >= 15 is 0 Å². The first kappa shape index (κ1) is 44.2. The van der Waals surface area contributed by atoms with E-state index in [0.29, 0.717) is 37.4 Å². The monoisotopic (exact) mass is 854 g/mol. The van der Waals surface area contributed by atoms with Gasteiger partial charge in [0.2, 0.25) is 5.91 Å². The first-order valence-corrected chi connectivity index (χ1v) is 22.6. The quantitative estimate of drug-likeness (QED) is 0.174. The summed E-state index contributed by atoms with van der Waals surface area (Å²) >= 11 is 1.43. The van der Waals surface area contributed by atoms with Crippen LogP contribution in [0.1, 0.15) is 96.0 Å². The van der Waals surface area contributed by atoms with E-state index in [9.17, 15) is 19.2 Å². The predicted molar refractivity (Wildman–Crippen MR) is 237 cm³/mol. The molecule has 4 aromatic rings. The van der Waals surface area contributed by atoms with E-state index in [-0.39, 0.29) is 43.0 Å². The summed E-state index contributed by atoms with van der Waals surface area (Å²) in [5.41, 5.74) is 9.41. The molecule has 1 saturated carbocycles. The number of thiazole rings is 1. The number of nitrogens with zero attached hydrogens (tertiary/aromatic N) is 6. The van der Waals surface area contributed by atoms with Crippen molar-refractivity contribution in [2.24, 2.45) is 11.3 Å². The van der Waals surface area contributed by atoms with Gasteiger partial charge in [-0.1, -0.05) is 33.8 Å². The number of amides is 4. The number of nitrogens with one attached hydrogen (secondary N) is 2. The van der Waals surface area contributed by atoms with Crippen LogP contribution in [0.5, 0.6) is 0 Å². The summed E-state index contributed by atoms with van der Waals surface area (Å²) in [5.74, 6) is -1.48. The van der Waals surface area contributed by atoms with Crippen molar-refractivity contribution in [2.45, 2.75) is 123 Å². The predicted octanol–water partition coefficient (Wildman–Crippen LogP) is 6.76. The van der Waals surface area contributed by atoms with E-state index in [4.69, 9.17) is 19.4 Å². The third kappa shape index (κ3) is 9.05. The minimum atomic E-state index is -1.03. The minimum Gasteiger partial charge on any atom is -0.464 e. The molecule has 0 spiro atoms. The molecule has 328 valence electrons. The van der Waals surface area contributed by atoms with Crippen molar-refractivity contribution in [3.05, 3.63) is 58.2 Å². The molecule has 0 radical (unpaired) electrons. The summed E-state index contributed by atoms with van der Waals surface area (Å²) in [6, 6.07) is 7.78. The number of carbonyl (C=O) groups is 4. The number of esters is 1. The smallest absolute Gasteiger partial charge is 0.324 e. The standard InChI is InChI=1S/C46H62N8O6S/c1-10-53-37-19-18-29-22-32(37)33(41(53)31-16-12-20-47-39(31)28(4)59-9)24-46(5,6)26-60-44(57)34-17-13-21-54(50-34)43(56)35(23-38-48-36(29)25-61-38)49-42(55)40(27(2)3)52(8)45(58)51(7)30-14-11-15-30/h12,16,18-20,22,25,27-28,30,34-35,40,50H,10-11,13-15,17,21,23-24,26H2,1-9H3,(H,49,55)/t28-,34-,35-,40-/m0/s1. The molecule has 3 aromatic heterocycles. The highest BCUT2D eigenvalue weighted by Crippen LogP contribution is 2.42. The van der Waals surface area contributed by atoms with Gasteiger partial charge in [0.1, 0.15) is 18.1 Å². The molecule has 4 amide bonds. The fourth-order valence-electron chi connectivity index (χ4n) is 9.04. The van der Waals surface area contributed by atoms with Crippen LogP contribution >= 0.6 is 11.3 Å². The normalized spacial score (nSPS) is 20.7. The zero-order valence-electron chi connectivity index (χ0n) is 37.1. The topological polar surface area (TPSA) is 151 Å². The van der Waals surface area contributed by atoms with Gasteiger partial charge in [0.15, 0.2) is 0 Å². The number of carbonyl (C=O) groups excluding carboxylic acids is 4. The van der Waals surface area contributed by atoms with Crippen molar-refractivity contribution >= 4 is 46.1 Å². The molecular weight excluding hydrogens is 793 g/mol. The summed E-state index contributed by atoms with van der Waals surface area (Å²) in [4.78, 5) is 69.4. The number of likely N-dealkylation sites (N-methyl/N-ethyl adjacent to an activating group) is 1. The number of hydrogen-bond acceptors (Lipinski definition) is 10. The Balaban J connectivity index is 1.29. The van der Waals surface area contributed by atoms with Gasteiger partial charge in [-0.2, -0.15) is 0 Å². The van der Waals surface area contributed by atoms with Crippen LogP contribution in [0.2, 0.25) is 0 Å². The highest BCUT2D eigenvalue weighted by Gasteiger charge is 2.39. The number of hydrogen-bond donors (Lipinski definition) is 2. The molecule has 2 aliphatic heterocycles. The molecule has 0 unspecified atom stereocenters. The highest BCUT2D eigenvalue weighted by atomic mass is 32.1. The molecule has 61 heavy (non-hydrogen) atoms. The number of rotatable bonds is 9. The van der Waals surface area contributed by atoms with Crippen LogP contribution in [0, 0.1) is 11.3 Å². The number of urea groups is 1. The van der Waals surface area contributed by atoms with E-state index in [1.165, 1.54) is 21.2 Å². The number of pyridine rings is 1. The Morgan fingerprint density at radius 2 is 1.89 bits per heavy atom. The van der Waals surface area contributed by atoms with Gasteiger partial charge in [-0.3, -0.25) is 24.4 Å². The number of cyclic esters (lactones) is 1. The van der Waals surface area contributed by atoms with Gasteiger partial charge >= 0.3 is 12.0 Å². The van der Waals surface area contributed by atoms with Crippen molar-refractivity contribution in [3.63, 3.8) is 0 Å². The molecule has 1 saturated heterocycles. The molecule has 5 heterocycles. The van der Waals surface area contributed by atoms with Gasteiger partial charge in [0, 0.05) is 85.8 Å². The van der Waals surface area contributed by atoms with Crippen LogP contribution < -0.4 is 10.7 Å².